The molecule has 0 saturated carbocycles. The Morgan fingerprint density at radius 3 is 2.95 bits per heavy atom. The Morgan fingerprint density at radius 1 is 1.50 bits per heavy atom. The second-order valence-electron chi connectivity index (χ2n) is 5.84. The molecule has 0 bridgehead atoms. The lowest BCUT2D eigenvalue weighted by Gasteiger charge is -2.31. The van der Waals surface area contributed by atoms with Crippen LogP contribution in [0.15, 0.2) is 18.2 Å². The number of amides is 1. The maximum absolute atomic E-state index is 13.4. The third kappa shape index (κ3) is 5.55. The molecule has 0 radical (unpaired) electrons. The summed E-state index contributed by atoms with van der Waals surface area (Å²) in [4.78, 5) is 14.1. The molecule has 1 aromatic carbocycles. The van der Waals surface area contributed by atoms with Gasteiger partial charge < -0.3 is 11.1 Å². The number of carbonyl (C=O) groups is 1. The van der Waals surface area contributed by atoms with Crippen molar-refractivity contribution < 1.29 is 9.18 Å². The molecule has 2 rings (SSSR count). The molecule has 1 amide bonds. The lowest BCUT2D eigenvalue weighted by molar-refractivity contribution is -0.122. The zero-order valence-corrected chi connectivity index (χ0v) is 13.8. The van der Waals surface area contributed by atoms with E-state index in [2.05, 4.69) is 10.2 Å². The van der Waals surface area contributed by atoms with Gasteiger partial charge in [-0.1, -0.05) is 12.1 Å². The second kappa shape index (κ2) is 9.08. The van der Waals surface area contributed by atoms with E-state index in [4.69, 9.17) is 5.73 Å². The first-order valence-electron chi connectivity index (χ1n) is 7.52. The summed E-state index contributed by atoms with van der Waals surface area (Å²) in [6, 6.07) is 5.04. The SMILES string of the molecule is Cc1ccc(CNC(=O)CN2CCCC(CN)C2)cc1F.Cl. The first kappa shape index (κ1) is 18.9. The monoisotopic (exact) mass is 329 g/mol. The third-order valence-corrected chi connectivity index (χ3v) is 4.03. The molecular weight excluding hydrogens is 305 g/mol. The first-order chi connectivity index (χ1) is 10.1. The van der Waals surface area contributed by atoms with Gasteiger partial charge in [0.1, 0.15) is 5.82 Å². The van der Waals surface area contributed by atoms with E-state index in [0.29, 0.717) is 31.1 Å². The van der Waals surface area contributed by atoms with E-state index >= 15 is 0 Å². The lowest BCUT2D eigenvalue weighted by atomic mass is 9.98. The minimum Gasteiger partial charge on any atom is -0.351 e. The van der Waals surface area contributed by atoms with E-state index in [-0.39, 0.29) is 24.1 Å². The van der Waals surface area contributed by atoms with Gasteiger partial charge in [-0.05, 0) is 56.0 Å². The van der Waals surface area contributed by atoms with Crippen LogP contribution in [0.5, 0.6) is 0 Å². The Kier molecular flexibility index (Phi) is 7.79. The summed E-state index contributed by atoms with van der Waals surface area (Å²) in [6.07, 6.45) is 2.25. The summed E-state index contributed by atoms with van der Waals surface area (Å²) < 4.78 is 13.4. The highest BCUT2D eigenvalue weighted by Gasteiger charge is 2.20. The van der Waals surface area contributed by atoms with Gasteiger partial charge in [0.15, 0.2) is 0 Å². The number of nitrogens with one attached hydrogen (secondary N) is 1. The van der Waals surface area contributed by atoms with E-state index in [1.54, 1.807) is 13.0 Å². The van der Waals surface area contributed by atoms with Gasteiger partial charge in [-0.25, -0.2) is 4.39 Å². The maximum atomic E-state index is 13.4. The van der Waals surface area contributed by atoms with Crippen molar-refractivity contribution in [3.05, 3.63) is 35.1 Å². The fourth-order valence-corrected chi connectivity index (χ4v) is 2.69. The summed E-state index contributed by atoms with van der Waals surface area (Å²) in [5.74, 6) is 0.245. The molecule has 1 aliphatic rings. The largest absolute Gasteiger partial charge is 0.351 e. The van der Waals surface area contributed by atoms with Crippen LogP contribution in [-0.2, 0) is 11.3 Å². The topological polar surface area (TPSA) is 58.4 Å². The van der Waals surface area contributed by atoms with Crippen molar-refractivity contribution >= 4 is 18.3 Å². The fourth-order valence-electron chi connectivity index (χ4n) is 2.69. The molecule has 1 unspecified atom stereocenters. The van der Waals surface area contributed by atoms with Crippen molar-refractivity contribution in [2.45, 2.75) is 26.3 Å². The molecule has 1 aromatic rings. The summed E-state index contributed by atoms with van der Waals surface area (Å²) in [5.41, 5.74) is 7.09. The molecule has 1 heterocycles. The van der Waals surface area contributed by atoms with Crippen LogP contribution in [0.3, 0.4) is 0 Å². The van der Waals surface area contributed by atoms with Gasteiger partial charge in [-0.15, -0.1) is 12.4 Å². The normalized spacial score (nSPS) is 18.6. The molecule has 1 atom stereocenters. The molecule has 124 valence electrons. The van der Waals surface area contributed by atoms with Crippen LogP contribution in [0.2, 0.25) is 0 Å². The van der Waals surface area contributed by atoms with E-state index in [0.717, 1.165) is 31.5 Å². The van der Waals surface area contributed by atoms with Crippen LogP contribution in [0.25, 0.3) is 0 Å². The smallest absolute Gasteiger partial charge is 0.234 e. The van der Waals surface area contributed by atoms with Gasteiger partial charge in [0.05, 0.1) is 6.54 Å². The zero-order valence-electron chi connectivity index (χ0n) is 13.0. The number of hydrogen-bond donors (Lipinski definition) is 2. The predicted molar refractivity (Wildman–Crippen MR) is 88.5 cm³/mol. The number of hydrogen-bond acceptors (Lipinski definition) is 3. The number of piperidine rings is 1. The molecule has 0 spiro atoms. The number of halogens is 2. The maximum Gasteiger partial charge on any atom is 0.234 e. The number of carbonyl (C=O) groups excluding carboxylic acids is 1. The number of nitrogens with two attached hydrogens (primary N) is 1. The van der Waals surface area contributed by atoms with Crippen LogP contribution in [0, 0.1) is 18.7 Å². The molecule has 4 nitrogen and oxygen atoms in total. The van der Waals surface area contributed by atoms with Crippen molar-refractivity contribution in [3.8, 4) is 0 Å². The highest BCUT2D eigenvalue weighted by molar-refractivity contribution is 5.85. The quantitative estimate of drug-likeness (QED) is 0.866. The molecule has 22 heavy (non-hydrogen) atoms. The molecule has 1 aliphatic heterocycles. The van der Waals surface area contributed by atoms with Gasteiger partial charge in [0.25, 0.3) is 0 Å². The van der Waals surface area contributed by atoms with Crippen LogP contribution in [-0.4, -0.2) is 37.0 Å². The minimum atomic E-state index is -0.233. The molecule has 6 heteroatoms. The fraction of sp³-hybridized carbons (Fsp3) is 0.562. The van der Waals surface area contributed by atoms with Gasteiger partial charge in [-0.3, -0.25) is 9.69 Å². The van der Waals surface area contributed by atoms with E-state index in [9.17, 15) is 9.18 Å². The lowest BCUT2D eigenvalue weighted by Crippen LogP contribution is -2.43. The van der Waals surface area contributed by atoms with Crippen molar-refractivity contribution in [2.24, 2.45) is 11.7 Å². The molecule has 1 fully saturated rings. The van der Waals surface area contributed by atoms with Crippen LogP contribution in [0.1, 0.15) is 24.0 Å². The average molecular weight is 330 g/mol. The Hall–Kier alpha value is -1.17. The van der Waals surface area contributed by atoms with E-state index in [1.165, 1.54) is 6.07 Å². The highest BCUT2D eigenvalue weighted by Crippen LogP contribution is 2.14. The number of rotatable bonds is 5. The summed E-state index contributed by atoms with van der Waals surface area (Å²) in [5, 5.41) is 2.85. The second-order valence-corrected chi connectivity index (χ2v) is 5.84. The zero-order chi connectivity index (χ0) is 15.2. The van der Waals surface area contributed by atoms with Gasteiger partial charge in [0, 0.05) is 13.1 Å². The van der Waals surface area contributed by atoms with Crippen molar-refractivity contribution in [3.63, 3.8) is 0 Å². The van der Waals surface area contributed by atoms with Crippen molar-refractivity contribution in [1.82, 2.24) is 10.2 Å². The number of nitrogens with zero attached hydrogens (tertiary/aromatic N) is 1. The van der Waals surface area contributed by atoms with Gasteiger partial charge >= 0.3 is 0 Å². The number of likely N-dealkylation sites (tertiary alicyclic amines) is 1. The Morgan fingerprint density at radius 2 is 2.27 bits per heavy atom. The number of aryl methyl sites for hydroxylation is 1. The number of benzene rings is 1. The first-order valence-corrected chi connectivity index (χ1v) is 7.52. The van der Waals surface area contributed by atoms with Crippen LogP contribution >= 0.6 is 12.4 Å². The average Bonchev–Trinajstić information content (AvgIpc) is 2.48. The Bertz CT molecular complexity index is 498. The highest BCUT2D eigenvalue weighted by atomic mass is 35.5. The van der Waals surface area contributed by atoms with Crippen LogP contribution in [0.4, 0.5) is 4.39 Å². The molecule has 1 saturated heterocycles. The van der Waals surface area contributed by atoms with E-state index in [1.807, 2.05) is 6.07 Å². The van der Waals surface area contributed by atoms with Gasteiger partial charge in [0.2, 0.25) is 5.91 Å². The molecule has 0 aromatic heterocycles. The standard InChI is InChI=1S/C16H24FN3O.ClH/c1-12-4-5-13(7-15(12)17)9-19-16(21)11-20-6-2-3-14(8-18)10-20;/h4-5,7,14H,2-3,6,8-11,18H2,1H3,(H,19,21);1H. The van der Waals surface area contributed by atoms with Crippen molar-refractivity contribution in [1.29, 1.82) is 0 Å². The Labute approximate surface area is 137 Å². The van der Waals surface area contributed by atoms with Crippen molar-refractivity contribution in [2.75, 3.05) is 26.2 Å². The van der Waals surface area contributed by atoms with E-state index < -0.39 is 0 Å². The Balaban J connectivity index is 0.00000242. The minimum absolute atomic E-state index is 0. The molecular formula is C16H25ClFN3O. The summed E-state index contributed by atoms with van der Waals surface area (Å²) in [7, 11) is 0. The van der Waals surface area contributed by atoms with Crippen LogP contribution < -0.4 is 11.1 Å². The predicted octanol–water partition coefficient (Wildman–Crippen LogP) is 1.84. The molecule has 0 aliphatic carbocycles. The van der Waals surface area contributed by atoms with Gasteiger partial charge in [-0.2, -0.15) is 0 Å². The molecule has 3 N–H and O–H groups in total. The summed E-state index contributed by atoms with van der Waals surface area (Å²) >= 11 is 0. The summed E-state index contributed by atoms with van der Waals surface area (Å²) in [6.45, 7) is 5.00. The third-order valence-electron chi connectivity index (χ3n) is 4.03.